The summed E-state index contributed by atoms with van der Waals surface area (Å²) in [5.74, 6) is 0. The van der Waals surface area contributed by atoms with Crippen molar-refractivity contribution in [2.75, 3.05) is 0 Å². The van der Waals surface area contributed by atoms with Gasteiger partial charge in [-0.15, -0.1) is 10.2 Å². The lowest BCUT2D eigenvalue weighted by Crippen LogP contribution is -2.35. The van der Waals surface area contributed by atoms with Crippen LogP contribution in [0.5, 0.6) is 0 Å². The predicted octanol–water partition coefficient (Wildman–Crippen LogP) is 1.07. The van der Waals surface area contributed by atoms with Gasteiger partial charge in [0.25, 0.3) is 0 Å². The van der Waals surface area contributed by atoms with Crippen LogP contribution in [0, 0.1) is 0 Å². The van der Waals surface area contributed by atoms with Crippen molar-refractivity contribution in [1.29, 1.82) is 0 Å². The summed E-state index contributed by atoms with van der Waals surface area (Å²) in [4.78, 5) is 0.843. The molecule has 0 atom stereocenters. The van der Waals surface area contributed by atoms with E-state index in [0.717, 1.165) is 16.5 Å². The predicted molar refractivity (Wildman–Crippen MR) is 55.3 cm³/mol. The minimum Gasteiger partial charge on any atom is -0.306 e. The van der Waals surface area contributed by atoms with Crippen LogP contribution in [0.4, 0.5) is 0 Å². The Morgan fingerprint density at radius 2 is 2.29 bits per heavy atom. The number of nitrogens with one attached hydrogen (secondary N) is 1. The molecule has 0 aromatic carbocycles. The van der Waals surface area contributed by atoms with Crippen LogP contribution in [-0.2, 0) is 6.54 Å². The highest BCUT2D eigenvalue weighted by Crippen LogP contribution is 2.12. The molecule has 0 aliphatic rings. The Hall–Kier alpha value is -1.01. The van der Waals surface area contributed by atoms with E-state index in [4.69, 9.17) is 0 Å². The van der Waals surface area contributed by atoms with Crippen LogP contribution in [0.2, 0.25) is 0 Å². The number of hydrogen-bond donors (Lipinski definition) is 1. The zero-order valence-corrected chi connectivity index (χ0v) is 9.30. The zero-order chi connectivity index (χ0) is 10.2. The molecule has 0 radical (unpaired) electrons. The van der Waals surface area contributed by atoms with E-state index in [-0.39, 0.29) is 5.54 Å². The molecule has 0 saturated heterocycles. The van der Waals surface area contributed by atoms with Gasteiger partial charge in [0, 0.05) is 5.54 Å². The standard InChI is InChI=1S/C8H13N5S/c1-8(2,3)9-4-6-12-13-5-10-11-7(13)14-6/h5,9H,4H2,1-3H3. The van der Waals surface area contributed by atoms with Crippen molar-refractivity contribution >= 4 is 16.3 Å². The van der Waals surface area contributed by atoms with E-state index < -0.39 is 0 Å². The fourth-order valence-corrected chi connectivity index (χ4v) is 1.77. The first-order chi connectivity index (χ1) is 6.54. The molecule has 6 heteroatoms. The second-order valence-corrected chi connectivity index (χ2v) is 5.20. The fourth-order valence-electron chi connectivity index (χ4n) is 1.01. The summed E-state index contributed by atoms with van der Waals surface area (Å²) < 4.78 is 1.70. The average molecular weight is 211 g/mol. The third-order valence-corrected chi connectivity index (χ3v) is 2.61. The Labute approximate surface area is 86.2 Å². The van der Waals surface area contributed by atoms with Crippen LogP contribution in [0.25, 0.3) is 4.96 Å². The van der Waals surface area contributed by atoms with Gasteiger partial charge in [-0.3, -0.25) is 0 Å². The molecule has 1 N–H and O–H groups in total. The van der Waals surface area contributed by atoms with Crippen molar-refractivity contribution in [3.05, 3.63) is 11.3 Å². The van der Waals surface area contributed by atoms with Gasteiger partial charge in [-0.2, -0.15) is 9.61 Å². The van der Waals surface area contributed by atoms with Gasteiger partial charge >= 0.3 is 0 Å². The molecule has 5 nitrogen and oxygen atoms in total. The SMILES string of the molecule is CC(C)(C)NCc1nn2cnnc2s1. The van der Waals surface area contributed by atoms with Crippen molar-refractivity contribution in [2.24, 2.45) is 0 Å². The summed E-state index contributed by atoms with van der Waals surface area (Å²) in [5.41, 5.74) is 0.117. The minimum absolute atomic E-state index is 0.117. The molecule has 0 saturated carbocycles. The highest BCUT2D eigenvalue weighted by atomic mass is 32.1. The van der Waals surface area contributed by atoms with Crippen LogP contribution in [0.15, 0.2) is 6.33 Å². The molecule has 0 fully saturated rings. The number of fused-ring (bicyclic) bond motifs is 1. The molecular formula is C8H13N5S. The quantitative estimate of drug-likeness (QED) is 0.807. The maximum Gasteiger partial charge on any atom is 0.234 e. The molecule has 2 rings (SSSR count). The Balaban J connectivity index is 2.09. The van der Waals surface area contributed by atoms with Crippen LogP contribution >= 0.6 is 11.3 Å². The van der Waals surface area contributed by atoms with Crippen LogP contribution < -0.4 is 5.32 Å². The van der Waals surface area contributed by atoms with E-state index in [1.807, 2.05) is 0 Å². The van der Waals surface area contributed by atoms with Crippen molar-refractivity contribution in [3.8, 4) is 0 Å². The normalized spacial score (nSPS) is 12.5. The lowest BCUT2D eigenvalue weighted by molar-refractivity contribution is 0.422. The Kier molecular flexibility index (Phi) is 2.24. The van der Waals surface area contributed by atoms with Gasteiger partial charge in [0.2, 0.25) is 4.96 Å². The van der Waals surface area contributed by atoms with E-state index in [9.17, 15) is 0 Å². The largest absolute Gasteiger partial charge is 0.306 e. The molecule has 14 heavy (non-hydrogen) atoms. The van der Waals surface area contributed by atoms with E-state index in [0.29, 0.717) is 0 Å². The summed E-state index contributed by atoms with van der Waals surface area (Å²) in [6.45, 7) is 7.17. The first-order valence-electron chi connectivity index (χ1n) is 4.45. The smallest absolute Gasteiger partial charge is 0.234 e. The van der Waals surface area contributed by atoms with Crippen molar-refractivity contribution in [2.45, 2.75) is 32.9 Å². The van der Waals surface area contributed by atoms with E-state index in [1.165, 1.54) is 0 Å². The Bertz CT molecular complexity index is 396. The monoisotopic (exact) mass is 211 g/mol. The second-order valence-electron chi connectivity index (χ2n) is 4.16. The molecule has 2 aromatic rings. The fraction of sp³-hybridized carbons (Fsp3) is 0.625. The van der Waals surface area contributed by atoms with Gasteiger partial charge in [0.1, 0.15) is 11.3 Å². The maximum atomic E-state index is 4.32. The molecule has 0 aliphatic heterocycles. The number of aromatic nitrogens is 4. The highest BCUT2D eigenvalue weighted by molar-refractivity contribution is 7.16. The van der Waals surface area contributed by atoms with Gasteiger partial charge < -0.3 is 5.32 Å². The molecule has 0 unspecified atom stereocenters. The first-order valence-corrected chi connectivity index (χ1v) is 5.27. The highest BCUT2D eigenvalue weighted by Gasteiger charge is 2.11. The van der Waals surface area contributed by atoms with Gasteiger partial charge in [-0.05, 0) is 20.8 Å². The summed E-state index contributed by atoms with van der Waals surface area (Å²) in [6.07, 6.45) is 1.62. The molecule has 0 amide bonds. The van der Waals surface area contributed by atoms with Gasteiger partial charge in [-0.1, -0.05) is 11.3 Å². The molecule has 2 aromatic heterocycles. The minimum atomic E-state index is 0.117. The molecule has 76 valence electrons. The molecule has 0 bridgehead atoms. The third-order valence-electron chi connectivity index (χ3n) is 1.70. The van der Waals surface area contributed by atoms with Gasteiger partial charge in [0.05, 0.1) is 6.54 Å². The maximum absolute atomic E-state index is 4.32. The van der Waals surface area contributed by atoms with Gasteiger partial charge in [0.15, 0.2) is 0 Å². The first kappa shape index (κ1) is 9.54. The molecule has 0 spiro atoms. The lowest BCUT2D eigenvalue weighted by atomic mass is 10.1. The van der Waals surface area contributed by atoms with Crippen molar-refractivity contribution < 1.29 is 0 Å². The lowest BCUT2D eigenvalue weighted by Gasteiger charge is -2.19. The third kappa shape index (κ3) is 2.08. The van der Waals surface area contributed by atoms with Crippen molar-refractivity contribution in [1.82, 2.24) is 25.1 Å². The second kappa shape index (κ2) is 3.29. The number of hydrogen-bond acceptors (Lipinski definition) is 5. The molecule has 0 aliphatic carbocycles. The summed E-state index contributed by atoms with van der Waals surface area (Å²) in [6, 6.07) is 0. The molecular weight excluding hydrogens is 198 g/mol. The summed E-state index contributed by atoms with van der Waals surface area (Å²) in [5, 5.41) is 16.4. The van der Waals surface area contributed by atoms with E-state index in [1.54, 1.807) is 22.2 Å². The Morgan fingerprint density at radius 3 is 2.93 bits per heavy atom. The van der Waals surface area contributed by atoms with Gasteiger partial charge in [-0.25, -0.2) is 0 Å². The average Bonchev–Trinajstić information content (AvgIpc) is 2.56. The Morgan fingerprint density at radius 1 is 1.50 bits per heavy atom. The van der Waals surface area contributed by atoms with Crippen LogP contribution in [0.3, 0.4) is 0 Å². The topological polar surface area (TPSA) is 55.1 Å². The number of rotatable bonds is 2. The molecule has 2 heterocycles. The van der Waals surface area contributed by atoms with Crippen LogP contribution in [0.1, 0.15) is 25.8 Å². The zero-order valence-electron chi connectivity index (χ0n) is 8.48. The van der Waals surface area contributed by atoms with E-state index >= 15 is 0 Å². The van der Waals surface area contributed by atoms with Crippen LogP contribution in [-0.4, -0.2) is 25.4 Å². The van der Waals surface area contributed by atoms with Crippen molar-refractivity contribution in [3.63, 3.8) is 0 Å². The number of nitrogens with zero attached hydrogens (tertiary/aromatic N) is 4. The van der Waals surface area contributed by atoms with E-state index in [2.05, 4.69) is 41.4 Å². The summed E-state index contributed by atoms with van der Waals surface area (Å²) in [7, 11) is 0. The summed E-state index contributed by atoms with van der Waals surface area (Å²) >= 11 is 1.56.